The molecule has 27 heavy (non-hydrogen) atoms. The third-order valence-electron chi connectivity index (χ3n) is 5.14. The zero-order chi connectivity index (χ0) is 18.8. The third-order valence-corrected chi connectivity index (χ3v) is 6.13. The molecular weight excluding hydrogens is 358 g/mol. The van der Waals surface area contributed by atoms with Gasteiger partial charge in [0, 0.05) is 13.1 Å². The van der Waals surface area contributed by atoms with Gasteiger partial charge >= 0.3 is 0 Å². The number of nitrogens with zero attached hydrogens (tertiary/aromatic N) is 5. The molecule has 3 heterocycles. The van der Waals surface area contributed by atoms with Crippen molar-refractivity contribution in [3.63, 3.8) is 0 Å². The number of aryl methyl sites for hydroxylation is 1. The van der Waals surface area contributed by atoms with E-state index in [1.807, 2.05) is 27.8 Å². The number of carbonyl (C=O) groups excluding carboxylic acids is 1. The molecule has 0 bridgehead atoms. The van der Waals surface area contributed by atoms with Crippen LogP contribution in [0.2, 0.25) is 0 Å². The van der Waals surface area contributed by atoms with Crippen LogP contribution < -0.4 is 0 Å². The molecule has 140 valence electrons. The van der Waals surface area contributed by atoms with Crippen molar-refractivity contribution in [3.05, 3.63) is 42.4 Å². The van der Waals surface area contributed by atoms with E-state index < -0.39 is 0 Å². The van der Waals surface area contributed by atoms with E-state index in [1.165, 1.54) is 11.8 Å². The first kappa shape index (κ1) is 18.0. The summed E-state index contributed by atoms with van der Waals surface area (Å²) in [6.07, 6.45) is 5.53. The second kappa shape index (κ2) is 7.68. The van der Waals surface area contributed by atoms with Crippen LogP contribution >= 0.6 is 11.8 Å². The zero-order valence-electron chi connectivity index (χ0n) is 15.6. The molecule has 6 nitrogen and oxygen atoms in total. The van der Waals surface area contributed by atoms with Gasteiger partial charge in [0.2, 0.25) is 5.91 Å². The van der Waals surface area contributed by atoms with Crippen LogP contribution in [-0.2, 0) is 4.79 Å². The van der Waals surface area contributed by atoms with Gasteiger partial charge in [0.15, 0.2) is 5.65 Å². The summed E-state index contributed by atoms with van der Waals surface area (Å²) in [5, 5.41) is 6.20. The molecular formula is C20H23N5OS. The number of thioether (sulfide) groups is 1. The van der Waals surface area contributed by atoms with Crippen LogP contribution in [0.5, 0.6) is 0 Å². The van der Waals surface area contributed by atoms with Gasteiger partial charge in [-0.15, -0.1) is 0 Å². The Balaban J connectivity index is 1.53. The van der Waals surface area contributed by atoms with Gasteiger partial charge in [-0.25, -0.2) is 14.6 Å². The Kier molecular flexibility index (Phi) is 5.11. The molecule has 0 aliphatic carbocycles. The van der Waals surface area contributed by atoms with E-state index in [4.69, 9.17) is 0 Å². The number of rotatable bonds is 4. The minimum Gasteiger partial charge on any atom is -0.342 e. The number of fused-ring (bicyclic) bond motifs is 1. The van der Waals surface area contributed by atoms with E-state index in [-0.39, 0.29) is 5.91 Å². The molecule has 2 aromatic heterocycles. The largest absolute Gasteiger partial charge is 0.342 e. The highest BCUT2D eigenvalue weighted by Crippen LogP contribution is 2.27. The maximum atomic E-state index is 12.5. The molecule has 0 atom stereocenters. The van der Waals surface area contributed by atoms with Gasteiger partial charge in [-0.3, -0.25) is 4.79 Å². The lowest BCUT2D eigenvalue weighted by Gasteiger charge is -2.30. The van der Waals surface area contributed by atoms with Crippen molar-refractivity contribution in [2.24, 2.45) is 5.92 Å². The molecule has 1 aliphatic heterocycles. The molecule has 4 rings (SSSR count). The predicted molar refractivity (Wildman–Crippen MR) is 107 cm³/mol. The van der Waals surface area contributed by atoms with Gasteiger partial charge in [-0.1, -0.05) is 36.9 Å². The van der Waals surface area contributed by atoms with Gasteiger partial charge in [0.25, 0.3) is 0 Å². The minimum absolute atomic E-state index is 0.185. The number of para-hydroxylation sites is 1. The summed E-state index contributed by atoms with van der Waals surface area (Å²) in [5.41, 5.74) is 2.89. The maximum absolute atomic E-state index is 12.5. The van der Waals surface area contributed by atoms with Crippen molar-refractivity contribution in [2.45, 2.75) is 31.7 Å². The summed E-state index contributed by atoms with van der Waals surface area (Å²) in [6.45, 7) is 6.04. The van der Waals surface area contributed by atoms with E-state index in [2.05, 4.69) is 35.0 Å². The highest BCUT2D eigenvalue weighted by Gasteiger charge is 2.21. The third kappa shape index (κ3) is 3.69. The zero-order valence-corrected chi connectivity index (χ0v) is 16.4. The Labute approximate surface area is 163 Å². The normalized spacial score (nSPS) is 15.4. The molecule has 0 N–H and O–H groups in total. The lowest BCUT2D eigenvalue weighted by molar-refractivity contribution is -0.129. The van der Waals surface area contributed by atoms with E-state index >= 15 is 0 Å². The topological polar surface area (TPSA) is 63.9 Å². The second-order valence-electron chi connectivity index (χ2n) is 7.11. The lowest BCUT2D eigenvalue weighted by Crippen LogP contribution is -2.38. The summed E-state index contributed by atoms with van der Waals surface area (Å²) in [5.74, 6) is 1.30. The first-order valence-electron chi connectivity index (χ1n) is 9.29. The standard InChI is InChI=1S/C20H23N5OS/c1-14-7-9-24(10-8-14)18(26)12-27-20-16-11-23-25(19(16)21-13-22-20)17-6-4-3-5-15(17)2/h3-6,11,13-14H,7-10,12H2,1-2H3. The van der Waals surface area contributed by atoms with Gasteiger partial charge in [-0.05, 0) is 37.3 Å². The smallest absolute Gasteiger partial charge is 0.232 e. The van der Waals surface area contributed by atoms with Crippen LogP contribution in [0.1, 0.15) is 25.3 Å². The number of aromatic nitrogens is 4. The fraction of sp³-hybridized carbons (Fsp3) is 0.400. The molecule has 7 heteroatoms. The first-order chi connectivity index (χ1) is 13.1. The van der Waals surface area contributed by atoms with E-state index in [9.17, 15) is 4.79 Å². The monoisotopic (exact) mass is 381 g/mol. The Morgan fingerprint density at radius 3 is 2.78 bits per heavy atom. The second-order valence-corrected chi connectivity index (χ2v) is 8.07. The molecule has 1 fully saturated rings. The van der Waals surface area contributed by atoms with Crippen LogP contribution in [0.15, 0.2) is 41.8 Å². The molecule has 0 unspecified atom stereocenters. The van der Waals surface area contributed by atoms with Crippen molar-refractivity contribution < 1.29 is 4.79 Å². The molecule has 0 radical (unpaired) electrons. The van der Waals surface area contributed by atoms with Crippen LogP contribution in [-0.4, -0.2) is 49.4 Å². The van der Waals surface area contributed by atoms with Crippen molar-refractivity contribution >= 4 is 28.7 Å². The average Bonchev–Trinajstić information content (AvgIpc) is 3.11. The van der Waals surface area contributed by atoms with Crippen molar-refractivity contribution in [1.29, 1.82) is 0 Å². The number of hydrogen-bond donors (Lipinski definition) is 0. The van der Waals surface area contributed by atoms with E-state index in [0.29, 0.717) is 5.75 Å². The molecule has 1 amide bonds. The fourth-order valence-corrected chi connectivity index (χ4v) is 4.26. The van der Waals surface area contributed by atoms with Gasteiger partial charge < -0.3 is 4.90 Å². The predicted octanol–water partition coefficient (Wildman–Crippen LogP) is 3.47. The molecule has 1 saturated heterocycles. The van der Waals surface area contributed by atoms with Gasteiger partial charge in [0.1, 0.15) is 11.4 Å². The molecule has 3 aromatic rings. The van der Waals surface area contributed by atoms with Crippen molar-refractivity contribution in [2.75, 3.05) is 18.8 Å². The Hall–Kier alpha value is -2.41. The maximum Gasteiger partial charge on any atom is 0.232 e. The number of carbonyl (C=O) groups is 1. The Bertz CT molecular complexity index is 962. The number of hydrogen-bond acceptors (Lipinski definition) is 5. The quantitative estimate of drug-likeness (QED) is 0.511. The first-order valence-corrected chi connectivity index (χ1v) is 10.3. The molecule has 0 spiro atoms. The van der Waals surface area contributed by atoms with Gasteiger partial charge in [0.05, 0.1) is 23.0 Å². The summed E-state index contributed by atoms with van der Waals surface area (Å²) in [7, 11) is 0. The molecule has 0 saturated carbocycles. The lowest BCUT2D eigenvalue weighted by atomic mass is 9.99. The average molecular weight is 382 g/mol. The van der Waals surface area contributed by atoms with E-state index in [1.54, 1.807) is 12.5 Å². The highest BCUT2D eigenvalue weighted by atomic mass is 32.2. The summed E-state index contributed by atoms with van der Waals surface area (Å²) < 4.78 is 1.84. The molecule has 1 aliphatic rings. The number of piperidine rings is 1. The van der Waals surface area contributed by atoms with Crippen molar-refractivity contribution in [3.8, 4) is 5.69 Å². The Morgan fingerprint density at radius 1 is 1.22 bits per heavy atom. The highest BCUT2D eigenvalue weighted by molar-refractivity contribution is 8.00. The number of benzene rings is 1. The summed E-state index contributed by atoms with van der Waals surface area (Å²) in [4.78, 5) is 23.3. The number of amides is 1. The minimum atomic E-state index is 0.185. The van der Waals surface area contributed by atoms with E-state index in [0.717, 1.165) is 59.2 Å². The van der Waals surface area contributed by atoms with Crippen LogP contribution in [0.25, 0.3) is 16.7 Å². The SMILES string of the molecule is Cc1ccccc1-n1ncc2c(SCC(=O)N3CCC(C)CC3)ncnc21. The number of likely N-dealkylation sites (tertiary alicyclic amines) is 1. The van der Waals surface area contributed by atoms with Gasteiger partial charge in [-0.2, -0.15) is 5.10 Å². The summed E-state index contributed by atoms with van der Waals surface area (Å²) in [6, 6.07) is 8.08. The van der Waals surface area contributed by atoms with Crippen LogP contribution in [0, 0.1) is 12.8 Å². The van der Waals surface area contributed by atoms with Crippen LogP contribution in [0.4, 0.5) is 0 Å². The molecule has 1 aromatic carbocycles. The van der Waals surface area contributed by atoms with Crippen LogP contribution in [0.3, 0.4) is 0 Å². The van der Waals surface area contributed by atoms with Crippen molar-refractivity contribution in [1.82, 2.24) is 24.6 Å². The Morgan fingerprint density at radius 2 is 2.00 bits per heavy atom. The fourth-order valence-electron chi connectivity index (χ4n) is 3.39. The summed E-state index contributed by atoms with van der Waals surface area (Å²) >= 11 is 1.47.